The topological polar surface area (TPSA) is 32.6 Å². The third kappa shape index (κ3) is 3.07. The summed E-state index contributed by atoms with van der Waals surface area (Å²) < 4.78 is 0. The molecule has 0 heterocycles. The zero-order valence-electron chi connectivity index (χ0n) is 7.50. The molecule has 0 spiro atoms. The van der Waals surface area contributed by atoms with Gasteiger partial charge in [0.1, 0.15) is 5.75 Å². The van der Waals surface area contributed by atoms with E-state index in [4.69, 9.17) is 11.6 Å². The van der Waals surface area contributed by atoms with Crippen molar-refractivity contribution in [2.24, 2.45) is 4.99 Å². The maximum absolute atomic E-state index is 9.38. The summed E-state index contributed by atoms with van der Waals surface area (Å²) in [6, 6.07) is 4.90. The molecule has 0 saturated carbocycles. The van der Waals surface area contributed by atoms with Gasteiger partial charge in [-0.1, -0.05) is 18.5 Å². The minimum absolute atomic E-state index is 0.212. The van der Waals surface area contributed by atoms with Crippen LogP contribution in [0, 0.1) is 0 Å². The number of halogens is 1. The molecule has 0 aromatic heterocycles. The quantitative estimate of drug-likeness (QED) is 0.743. The molecular weight excluding hydrogens is 186 g/mol. The number of rotatable bonds is 3. The summed E-state index contributed by atoms with van der Waals surface area (Å²) in [5.41, 5.74) is 0.668. The van der Waals surface area contributed by atoms with Crippen molar-refractivity contribution in [1.82, 2.24) is 0 Å². The minimum Gasteiger partial charge on any atom is -0.507 e. The lowest BCUT2D eigenvalue weighted by molar-refractivity contribution is 0.474. The van der Waals surface area contributed by atoms with Crippen LogP contribution in [0.15, 0.2) is 23.2 Å². The monoisotopic (exact) mass is 197 g/mol. The molecule has 0 saturated heterocycles. The highest BCUT2D eigenvalue weighted by atomic mass is 35.5. The second kappa shape index (κ2) is 4.87. The molecule has 1 aromatic carbocycles. The first-order valence-corrected chi connectivity index (χ1v) is 4.60. The highest BCUT2D eigenvalue weighted by Crippen LogP contribution is 2.19. The molecule has 70 valence electrons. The summed E-state index contributed by atoms with van der Waals surface area (Å²) in [6.45, 7) is 2.82. The van der Waals surface area contributed by atoms with Crippen LogP contribution >= 0.6 is 11.6 Å². The van der Waals surface area contributed by atoms with Crippen molar-refractivity contribution in [3.63, 3.8) is 0 Å². The number of phenolic OH excluding ortho intramolecular Hbond substituents is 1. The van der Waals surface area contributed by atoms with Gasteiger partial charge >= 0.3 is 0 Å². The number of benzene rings is 1. The number of nitrogens with zero attached hydrogens (tertiary/aromatic N) is 1. The molecule has 0 bridgehead atoms. The Morgan fingerprint density at radius 3 is 3.00 bits per heavy atom. The number of phenols is 1. The molecule has 0 aliphatic carbocycles. The zero-order chi connectivity index (χ0) is 9.68. The van der Waals surface area contributed by atoms with E-state index < -0.39 is 0 Å². The fourth-order valence-corrected chi connectivity index (χ4v) is 1.10. The van der Waals surface area contributed by atoms with Gasteiger partial charge < -0.3 is 5.11 Å². The van der Waals surface area contributed by atoms with Crippen LogP contribution in [0.25, 0.3) is 0 Å². The van der Waals surface area contributed by atoms with Crippen LogP contribution in [-0.2, 0) is 0 Å². The largest absolute Gasteiger partial charge is 0.507 e. The second-order valence-corrected chi connectivity index (χ2v) is 3.17. The molecule has 0 aliphatic heterocycles. The lowest BCUT2D eigenvalue weighted by Gasteiger charge is -1.98. The van der Waals surface area contributed by atoms with Gasteiger partial charge in [0.2, 0.25) is 0 Å². The Morgan fingerprint density at radius 1 is 1.54 bits per heavy atom. The maximum atomic E-state index is 9.38. The second-order valence-electron chi connectivity index (χ2n) is 2.74. The van der Waals surface area contributed by atoms with E-state index in [9.17, 15) is 5.11 Å². The van der Waals surface area contributed by atoms with Crippen molar-refractivity contribution in [1.29, 1.82) is 0 Å². The minimum atomic E-state index is 0.212. The predicted molar refractivity (Wildman–Crippen MR) is 55.9 cm³/mol. The number of hydrogen-bond acceptors (Lipinski definition) is 2. The van der Waals surface area contributed by atoms with Crippen molar-refractivity contribution in [2.45, 2.75) is 13.3 Å². The molecule has 2 nitrogen and oxygen atoms in total. The van der Waals surface area contributed by atoms with Gasteiger partial charge in [-0.25, -0.2) is 0 Å². The third-order valence-corrected chi connectivity index (χ3v) is 1.81. The molecule has 3 heteroatoms. The molecule has 1 rings (SSSR count). The molecule has 0 unspecified atom stereocenters. The number of aliphatic imine (C=N–C) groups is 1. The Hall–Kier alpha value is -1.02. The van der Waals surface area contributed by atoms with Gasteiger partial charge in [-0.15, -0.1) is 0 Å². The maximum Gasteiger partial charge on any atom is 0.124 e. The van der Waals surface area contributed by atoms with Crippen LogP contribution in [0.3, 0.4) is 0 Å². The molecule has 0 fully saturated rings. The fourth-order valence-electron chi connectivity index (χ4n) is 0.921. The number of aromatic hydroxyl groups is 1. The Bertz CT molecular complexity index is 310. The van der Waals surface area contributed by atoms with Crippen LogP contribution in [0.1, 0.15) is 18.9 Å². The smallest absolute Gasteiger partial charge is 0.124 e. The van der Waals surface area contributed by atoms with Crippen molar-refractivity contribution in [2.75, 3.05) is 6.54 Å². The summed E-state index contributed by atoms with van der Waals surface area (Å²) in [7, 11) is 0. The molecular formula is C10H12ClNO. The summed E-state index contributed by atoms with van der Waals surface area (Å²) in [4.78, 5) is 4.12. The summed E-state index contributed by atoms with van der Waals surface area (Å²) >= 11 is 5.76. The van der Waals surface area contributed by atoms with Gasteiger partial charge in [0.05, 0.1) is 0 Å². The first kappa shape index (κ1) is 10.1. The van der Waals surface area contributed by atoms with Crippen LogP contribution in [-0.4, -0.2) is 17.9 Å². The predicted octanol–water partition coefficient (Wildman–Crippen LogP) is 2.87. The van der Waals surface area contributed by atoms with Crippen molar-refractivity contribution in [3.05, 3.63) is 28.8 Å². The van der Waals surface area contributed by atoms with E-state index >= 15 is 0 Å². The summed E-state index contributed by atoms with van der Waals surface area (Å²) in [5.74, 6) is 0.212. The molecule has 1 N–H and O–H groups in total. The summed E-state index contributed by atoms with van der Waals surface area (Å²) in [5, 5.41) is 9.99. The lowest BCUT2D eigenvalue weighted by atomic mass is 10.2. The van der Waals surface area contributed by atoms with E-state index in [1.807, 2.05) is 0 Å². The van der Waals surface area contributed by atoms with E-state index in [2.05, 4.69) is 11.9 Å². The van der Waals surface area contributed by atoms with E-state index in [-0.39, 0.29) is 5.75 Å². The van der Waals surface area contributed by atoms with Crippen LogP contribution in [0.4, 0.5) is 0 Å². The van der Waals surface area contributed by atoms with Crippen LogP contribution < -0.4 is 0 Å². The van der Waals surface area contributed by atoms with E-state index in [0.717, 1.165) is 13.0 Å². The first-order chi connectivity index (χ1) is 6.24. The van der Waals surface area contributed by atoms with E-state index in [1.54, 1.807) is 24.4 Å². The molecule has 0 atom stereocenters. The average molecular weight is 198 g/mol. The van der Waals surface area contributed by atoms with E-state index in [0.29, 0.717) is 10.6 Å². The first-order valence-electron chi connectivity index (χ1n) is 4.22. The van der Waals surface area contributed by atoms with Gasteiger partial charge in [0, 0.05) is 23.3 Å². The van der Waals surface area contributed by atoms with Crippen molar-refractivity contribution < 1.29 is 5.11 Å². The summed E-state index contributed by atoms with van der Waals surface area (Å²) in [6.07, 6.45) is 2.64. The third-order valence-electron chi connectivity index (χ3n) is 1.57. The normalized spacial score (nSPS) is 10.9. The molecule has 0 aliphatic rings. The Balaban J connectivity index is 2.81. The van der Waals surface area contributed by atoms with Gasteiger partial charge in [-0.3, -0.25) is 4.99 Å². The Morgan fingerprint density at radius 2 is 2.31 bits per heavy atom. The highest BCUT2D eigenvalue weighted by Gasteiger charge is 1.97. The van der Waals surface area contributed by atoms with Gasteiger partial charge in [-0.05, 0) is 24.6 Å². The zero-order valence-corrected chi connectivity index (χ0v) is 8.25. The molecule has 0 amide bonds. The Kier molecular flexibility index (Phi) is 3.77. The highest BCUT2D eigenvalue weighted by molar-refractivity contribution is 6.30. The molecule has 13 heavy (non-hydrogen) atoms. The number of hydrogen-bond donors (Lipinski definition) is 1. The van der Waals surface area contributed by atoms with Gasteiger partial charge in [-0.2, -0.15) is 0 Å². The van der Waals surface area contributed by atoms with Crippen LogP contribution in [0.2, 0.25) is 5.02 Å². The molecule has 0 radical (unpaired) electrons. The van der Waals surface area contributed by atoms with Crippen molar-refractivity contribution >= 4 is 17.8 Å². The van der Waals surface area contributed by atoms with Gasteiger partial charge in [0.15, 0.2) is 0 Å². The average Bonchev–Trinajstić information content (AvgIpc) is 2.11. The standard InChI is InChI=1S/C10H12ClNO/c1-2-5-12-7-8-6-9(11)3-4-10(8)13/h3-4,6-7,13H,2,5H2,1H3/b12-7+. The fraction of sp³-hybridized carbons (Fsp3) is 0.300. The lowest BCUT2D eigenvalue weighted by Crippen LogP contribution is -1.84. The Labute approximate surface area is 82.9 Å². The van der Waals surface area contributed by atoms with E-state index in [1.165, 1.54) is 0 Å². The van der Waals surface area contributed by atoms with Crippen molar-refractivity contribution in [3.8, 4) is 5.75 Å². The SMILES string of the molecule is CCC/N=C/c1cc(Cl)ccc1O. The molecule has 1 aromatic rings. The van der Waals surface area contributed by atoms with Crippen LogP contribution in [0.5, 0.6) is 5.75 Å². The van der Waals surface area contributed by atoms with Gasteiger partial charge in [0.25, 0.3) is 0 Å².